The number of β-amino-alcohol motifs (C(OH)–C–C–N with tert-alkyl or cyclic N) is 1. The maximum atomic E-state index is 12.1. The molecule has 1 atom stereocenters. The van der Waals surface area contributed by atoms with Crippen LogP contribution in [0, 0.1) is 0 Å². The van der Waals surface area contributed by atoms with E-state index < -0.39 is 6.10 Å². The van der Waals surface area contributed by atoms with Crippen LogP contribution in [0.1, 0.15) is 53.3 Å². The van der Waals surface area contributed by atoms with Crippen molar-refractivity contribution < 1.29 is 14.7 Å². The molecule has 0 spiro atoms. The molecule has 102 valence electrons. The molecular formula is C15H19NO3. The normalized spacial score (nSPS) is 15.8. The first kappa shape index (κ1) is 13.7. The van der Waals surface area contributed by atoms with Gasteiger partial charge in [0.05, 0.1) is 23.8 Å². The fraction of sp³-hybridized carbons (Fsp3) is 0.467. The van der Waals surface area contributed by atoms with E-state index in [4.69, 9.17) is 0 Å². The molecule has 1 aliphatic rings. The zero-order chi connectivity index (χ0) is 13.8. The summed E-state index contributed by atoms with van der Waals surface area (Å²) in [6, 6.07) is 6.79. The molecule has 1 aliphatic heterocycles. The summed E-state index contributed by atoms with van der Waals surface area (Å²) in [6.07, 6.45) is 3.05. The van der Waals surface area contributed by atoms with Crippen molar-refractivity contribution in [2.75, 3.05) is 6.54 Å². The third-order valence-corrected chi connectivity index (χ3v) is 3.41. The molecule has 2 rings (SSSR count). The Bertz CT molecular complexity index is 449. The predicted octanol–water partition coefficient (Wildman–Crippen LogP) is 2.22. The lowest BCUT2D eigenvalue weighted by Crippen LogP contribution is -2.36. The van der Waals surface area contributed by atoms with Crippen LogP contribution in [-0.2, 0) is 0 Å². The van der Waals surface area contributed by atoms with Crippen molar-refractivity contribution in [1.29, 1.82) is 0 Å². The number of rotatable bonds is 6. The minimum atomic E-state index is -0.631. The smallest absolute Gasteiger partial charge is 0.261 e. The van der Waals surface area contributed by atoms with Crippen LogP contribution in [0.15, 0.2) is 24.3 Å². The van der Waals surface area contributed by atoms with Gasteiger partial charge in [-0.05, 0) is 18.6 Å². The minimum absolute atomic E-state index is 0.0933. The zero-order valence-electron chi connectivity index (χ0n) is 11.1. The number of amides is 2. The van der Waals surface area contributed by atoms with Crippen molar-refractivity contribution in [3.63, 3.8) is 0 Å². The Morgan fingerprint density at radius 1 is 1.11 bits per heavy atom. The first-order chi connectivity index (χ1) is 9.15. The quantitative estimate of drug-likeness (QED) is 0.631. The van der Waals surface area contributed by atoms with Gasteiger partial charge in [0.25, 0.3) is 11.8 Å². The monoisotopic (exact) mass is 261 g/mol. The van der Waals surface area contributed by atoms with Gasteiger partial charge >= 0.3 is 0 Å². The lowest BCUT2D eigenvalue weighted by atomic mass is 10.1. The molecule has 0 fully saturated rings. The van der Waals surface area contributed by atoms with Gasteiger partial charge < -0.3 is 5.11 Å². The van der Waals surface area contributed by atoms with Gasteiger partial charge in [-0.2, -0.15) is 0 Å². The summed E-state index contributed by atoms with van der Waals surface area (Å²) >= 11 is 0. The number of carbonyl (C=O) groups is 2. The molecular weight excluding hydrogens is 242 g/mol. The van der Waals surface area contributed by atoms with Crippen molar-refractivity contribution in [2.45, 2.75) is 38.7 Å². The Morgan fingerprint density at radius 3 is 2.21 bits per heavy atom. The molecule has 4 heteroatoms. The summed E-state index contributed by atoms with van der Waals surface area (Å²) in [7, 11) is 0. The lowest BCUT2D eigenvalue weighted by Gasteiger charge is -2.18. The van der Waals surface area contributed by atoms with E-state index in [1.807, 2.05) is 0 Å². The first-order valence-corrected chi connectivity index (χ1v) is 6.78. The van der Waals surface area contributed by atoms with Gasteiger partial charge in [-0.25, -0.2) is 0 Å². The molecule has 1 heterocycles. The van der Waals surface area contributed by atoms with E-state index in [0.29, 0.717) is 17.5 Å². The van der Waals surface area contributed by atoms with E-state index in [2.05, 4.69) is 6.92 Å². The largest absolute Gasteiger partial charge is 0.391 e. The number of unbranched alkanes of at least 4 members (excludes halogenated alkanes) is 2. The first-order valence-electron chi connectivity index (χ1n) is 6.78. The molecule has 0 aliphatic carbocycles. The maximum Gasteiger partial charge on any atom is 0.261 e. The highest BCUT2D eigenvalue weighted by atomic mass is 16.3. The zero-order valence-corrected chi connectivity index (χ0v) is 11.1. The second kappa shape index (κ2) is 5.97. The number of hydrogen-bond donors (Lipinski definition) is 1. The Kier molecular flexibility index (Phi) is 4.32. The summed E-state index contributed by atoms with van der Waals surface area (Å²) < 4.78 is 0. The molecule has 0 radical (unpaired) electrons. The summed E-state index contributed by atoms with van der Waals surface area (Å²) in [6.45, 7) is 2.19. The summed E-state index contributed by atoms with van der Waals surface area (Å²) in [5, 5.41) is 9.90. The molecule has 4 nitrogen and oxygen atoms in total. The molecule has 1 unspecified atom stereocenters. The van der Waals surface area contributed by atoms with E-state index in [9.17, 15) is 14.7 Å². The molecule has 0 saturated heterocycles. The third kappa shape index (κ3) is 2.84. The van der Waals surface area contributed by atoms with Crippen molar-refractivity contribution in [3.05, 3.63) is 35.4 Å². The lowest BCUT2D eigenvalue weighted by molar-refractivity contribution is 0.0530. The van der Waals surface area contributed by atoms with Crippen LogP contribution in [0.3, 0.4) is 0 Å². The van der Waals surface area contributed by atoms with Crippen LogP contribution in [0.25, 0.3) is 0 Å². The number of benzene rings is 1. The molecule has 1 N–H and O–H groups in total. The van der Waals surface area contributed by atoms with Gasteiger partial charge in [-0.3, -0.25) is 14.5 Å². The Morgan fingerprint density at radius 2 is 1.68 bits per heavy atom. The number of hydrogen-bond acceptors (Lipinski definition) is 3. The van der Waals surface area contributed by atoms with E-state index in [0.717, 1.165) is 24.2 Å². The predicted molar refractivity (Wildman–Crippen MR) is 72.0 cm³/mol. The van der Waals surface area contributed by atoms with E-state index >= 15 is 0 Å². The highest BCUT2D eigenvalue weighted by Crippen LogP contribution is 2.22. The van der Waals surface area contributed by atoms with E-state index in [1.54, 1.807) is 24.3 Å². The fourth-order valence-electron chi connectivity index (χ4n) is 2.34. The van der Waals surface area contributed by atoms with Crippen LogP contribution in [0.5, 0.6) is 0 Å². The average molecular weight is 261 g/mol. The summed E-state index contributed by atoms with van der Waals surface area (Å²) in [4.78, 5) is 25.3. The second-order valence-electron chi connectivity index (χ2n) is 4.92. The second-order valence-corrected chi connectivity index (χ2v) is 4.92. The molecule has 1 aromatic rings. The third-order valence-electron chi connectivity index (χ3n) is 3.41. The van der Waals surface area contributed by atoms with Crippen LogP contribution in [-0.4, -0.2) is 34.5 Å². The number of fused-ring (bicyclic) bond motifs is 1. The minimum Gasteiger partial charge on any atom is -0.391 e. The van der Waals surface area contributed by atoms with Gasteiger partial charge in [-0.15, -0.1) is 0 Å². The fourth-order valence-corrected chi connectivity index (χ4v) is 2.34. The number of carbonyl (C=O) groups excluding carboxylic acids is 2. The Labute approximate surface area is 113 Å². The van der Waals surface area contributed by atoms with Gasteiger partial charge in [0.1, 0.15) is 0 Å². The SMILES string of the molecule is CCCCCC(O)CN1C(=O)c2ccccc2C1=O. The van der Waals surface area contributed by atoms with Gasteiger partial charge in [0, 0.05) is 0 Å². The van der Waals surface area contributed by atoms with Crippen LogP contribution >= 0.6 is 0 Å². The van der Waals surface area contributed by atoms with Gasteiger partial charge in [-0.1, -0.05) is 38.3 Å². The highest BCUT2D eigenvalue weighted by molar-refractivity contribution is 6.21. The van der Waals surface area contributed by atoms with Crippen LogP contribution in [0.4, 0.5) is 0 Å². The standard InChI is InChI=1S/C15H19NO3/c1-2-3-4-7-11(17)10-16-14(18)12-8-5-6-9-13(12)15(16)19/h5-6,8-9,11,17H,2-4,7,10H2,1H3. The molecule has 0 saturated carbocycles. The van der Waals surface area contributed by atoms with Gasteiger partial charge in [0.2, 0.25) is 0 Å². The Balaban J connectivity index is 2.00. The van der Waals surface area contributed by atoms with Crippen LogP contribution in [0.2, 0.25) is 0 Å². The van der Waals surface area contributed by atoms with E-state index in [1.165, 1.54) is 0 Å². The number of nitrogens with zero attached hydrogens (tertiary/aromatic N) is 1. The van der Waals surface area contributed by atoms with Crippen molar-refractivity contribution >= 4 is 11.8 Å². The number of imide groups is 1. The summed E-state index contributed by atoms with van der Waals surface area (Å²) in [5.74, 6) is -0.592. The average Bonchev–Trinajstić information content (AvgIpc) is 2.65. The number of aliphatic hydroxyl groups excluding tert-OH is 1. The topological polar surface area (TPSA) is 57.6 Å². The maximum absolute atomic E-state index is 12.1. The van der Waals surface area contributed by atoms with Crippen molar-refractivity contribution in [2.24, 2.45) is 0 Å². The van der Waals surface area contributed by atoms with Crippen molar-refractivity contribution in [1.82, 2.24) is 4.90 Å². The molecule has 19 heavy (non-hydrogen) atoms. The summed E-state index contributed by atoms with van der Waals surface area (Å²) in [5.41, 5.74) is 0.876. The molecule has 0 bridgehead atoms. The van der Waals surface area contributed by atoms with Crippen LogP contribution < -0.4 is 0 Å². The van der Waals surface area contributed by atoms with E-state index in [-0.39, 0.29) is 18.4 Å². The molecule has 1 aromatic carbocycles. The van der Waals surface area contributed by atoms with Gasteiger partial charge in [0.15, 0.2) is 0 Å². The number of aliphatic hydroxyl groups is 1. The van der Waals surface area contributed by atoms with Crippen molar-refractivity contribution in [3.8, 4) is 0 Å². The molecule has 0 aromatic heterocycles. The highest BCUT2D eigenvalue weighted by Gasteiger charge is 2.35. The Hall–Kier alpha value is -1.68. The molecule has 2 amide bonds.